The third-order valence-corrected chi connectivity index (χ3v) is 6.02. The van der Waals surface area contributed by atoms with Crippen LogP contribution in [0.5, 0.6) is 0 Å². The Morgan fingerprint density at radius 3 is 2.61 bits per heavy atom. The van der Waals surface area contributed by atoms with Crippen LogP contribution in [0.1, 0.15) is 51.4 Å². The zero-order valence-corrected chi connectivity index (χ0v) is 13.9. The van der Waals surface area contributed by atoms with Gasteiger partial charge in [0.15, 0.2) is 0 Å². The van der Waals surface area contributed by atoms with Crippen LogP contribution >= 0.6 is 0 Å². The lowest BCUT2D eigenvalue weighted by molar-refractivity contribution is -0.137. The van der Waals surface area contributed by atoms with Crippen molar-refractivity contribution >= 4 is 11.8 Å². The summed E-state index contributed by atoms with van der Waals surface area (Å²) in [6.07, 6.45) is 8.45. The average molecular weight is 320 g/mol. The van der Waals surface area contributed by atoms with Gasteiger partial charge in [-0.2, -0.15) is 0 Å². The summed E-state index contributed by atoms with van der Waals surface area (Å²) in [5.41, 5.74) is 0. The highest BCUT2D eigenvalue weighted by molar-refractivity contribution is 5.89. The molecular weight excluding hydrogens is 292 g/mol. The van der Waals surface area contributed by atoms with E-state index in [2.05, 4.69) is 4.90 Å². The third-order valence-electron chi connectivity index (χ3n) is 6.02. The van der Waals surface area contributed by atoms with Gasteiger partial charge in [0.1, 0.15) is 0 Å². The molecule has 23 heavy (non-hydrogen) atoms. The maximum absolute atomic E-state index is 13.0. The SMILES string of the molecule is O=C1CC(C(=O)N(CC2CCOC2)C2CC2)CN1C1CCCC1. The molecule has 2 unspecified atom stereocenters. The number of hydrogen-bond donors (Lipinski definition) is 0. The molecule has 0 N–H and O–H groups in total. The maximum Gasteiger partial charge on any atom is 0.228 e. The standard InChI is InChI=1S/C18H28N2O3/c21-17-9-14(11-19(17)15-3-1-2-4-15)18(22)20(16-5-6-16)10-13-7-8-23-12-13/h13-16H,1-12H2. The van der Waals surface area contributed by atoms with E-state index in [0.717, 1.165) is 51.9 Å². The Balaban J connectivity index is 1.39. The van der Waals surface area contributed by atoms with Crippen molar-refractivity contribution in [1.82, 2.24) is 9.80 Å². The topological polar surface area (TPSA) is 49.9 Å². The number of hydrogen-bond acceptors (Lipinski definition) is 3. The average Bonchev–Trinajstić information content (AvgIpc) is 2.99. The van der Waals surface area contributed by atoms with Crippen LogP contribution in [0.3, 0.4) is 0 Å². The third kappa shape index (κ3) is 3.25. The van der Waals surface area contributed by atoms with E-state index in [1.54, 1.807) is 0 Å². The summed E-state index contributed by atoms with van der Waals surface area (Å²) >= 11 is 0. The van der Waals surface area contributed by atoms with Gasteiger partial charge in [0, 0.05) is 44.1 Å². The molecule has 4 fully saturated rings. The summed E-state index contributed by atoms with van der Waals surface area (Å²) in [6, 6.07) is 0.830. The largest absolute Gasteiger partial charge is 0.381 e. The minimum Gasteiger partial charge on any atom is -0.381 e. The normalized spacial score (nSPS) is 32.0. The lowest BCUT2D eigenvalue weighted by Gasteiger charge is -2.28. The van der Waals surface area contributed by atoms with Crippen LogP contribution in [0.25, 0.3) is 0 Å². The van der Waals surface area contributed by atoms with Crippen molar-refractivity contribution in [3.05, 3.63) is 0 Å². The van der Waals surface area contributed by atoms with Gasteiger partial charge in [0.25, 0.3) is 0 Å². The monoisotopic (exact) mass is 320 g/mol. The molecule has 2 saturated carbocycles. The van der Waals surface area contributed by atoms with E-state index in [4.69, 9.17) is 4.74 Å². The highest BCUT2D eigenvalue weighted by Crippen LogP contribution is 2.34. The van der Waals surface area contributed by atoms with Gasteiger partial charge in [0.05, 0.1) is 12.5 Å². The van der Waals surface area contributed by atoms with E-state index in [0.29, 0.717) is 31.0 Å². The first-order chi connectivity index (χ1) is 11.2. The predicted molar refractivity (Wildman–Crippen MR) is 85.7 cm³/mol. The van der Waals surface area contributed by atoms with Gasteiger partial charge in [0.2, 0.25) is 11.8 Å². The van der Waals surface area contributed by atoms with Gasteiger partial charge in [-0.3, -0.25) is 9.59 Å². The quantitative estimate of drug-likeness (QED) is 0.776. The fourth-order valence-corrected chi connectivity index (χ4v) is 4.51. The van der Waals surface area contributed by atoms with Crippen LogP contribution in [-0.4, -0.2) is 60.0 Å². The highest BCUT2D eigenvalue weighted by atomic mass is 16.5. The van der Waals surface area contributed by atoms with Crippen molar-refractivity contribution in [2.24, 2.45) is 11.8 Å². The second-order valence-electron chi connectivity index (χ2n) is 7.84. The van der Waals surface area contributed by atoms with Gasteiger partial charge >= 0.3 is 0 Å². The maximum atomic E-state index is 13.0. The van der Waals surface area contributed by atoms with E-state index < -0.39 is 0 Å². The van der Waals surface area contributed by atoms with Gasteiger partial charge in [-0.1, -0.05) is 12.8 Å². The molecule has 2 aliphatic heterocycles. The molecule has 2 amide bonds. The van der Waals surface area contributed by atoms with Crippen LogP contribution in [0.4, 0.5) is 0 Å². The van der Waals surface area contributed by atoms with Crippen molar-refractivity contribution in [1.29, 1.82) is 0 Å². The predicted octanol–water partition coefficient (Wildman–Crippen LogP) is 1.80. The van der Waals surface area contributed by atoms with Crippen LogP contribution < -0.4 is 0 Å². The number of rotatable bonds is 5. The lowest BCUT2D eigenvalue weighted by atomic mass is 10.0. The molecule has 0 radical (unpaired) electrons. The first kappa shape index (κ1) is 15.4. The minimum atomic E-state index is -0.106. The Labute approximate surface area is 138 Å². The second-order valence-corrected chi connectivity index (χ2v) is 7.84. The smallest absolute Gasteiger partial charge is 0.228 e. The van der Waals surface area contributed by atoms with Crippen LogP contribution in [0.15, 0.2) is 0 Å². The molecule has 0 aromatic rings. The van der Waals surface area contributed by atoms with E-state index in [9.17, 15) is 9.59 Å². The first-order valence-corrected chi connectivity index (χ1v) is 9.40. The van der Waals surface area contributed by atoms with Crippen molar-refractivity contribution < 1.29 is 14.3 Å². The van der Waals surface area contributed by atoms with E-state index in [1.165, 1.54) is 12.8 Å². The molecule has 2 saturated heterocycles. The molecule has 0 aromatic carbocycles. The fraction of sp³-hybridized carbons (Fsp3) is 0.889. The Bertz CT molecular complexity index is 465. The highest BCUT2D eigenvalue weighted by Gasteiger charge is 2.43. The summed E-state index contributed by atoms with van der Waals surface area (Å²) in [7, 11) is 0. The van der Waals surface area contributed by atoms with Crippen molar-refractivity contribution in [3.8, 4) is 0 Å². The lowest BCUT2D eigenvalue weighted by Crippen LogP contribution is -2.42. The van der Waals surface area contributed by atoms with Gasteiger partial charge in [-0.25, -0.2) is 0 Å². The second kappa shape index (κ2) is 6.42. The summed E-state index contributed by atoms with van der Waals surface area (Å²) in [4.78, 5) is 29.5. The molecule has 0 bridgehead atoms. The van der Waals surface area contributed by atoms with Crippen LogP contribution in [0, 0.1) is 11.8 Å². The number of ether oxygens (including phenoxy) is 1. The van der Waals surface area contributed by atoms with Gasteiger partial charge < -0.3 is 14.5 Å². The van der Waals surface area contributed by atoms with Gasteiger partial charge in [-0.15, -0.1) is 0 Å². The van der Waals surface area contributed by atoms with Gasteiger partial charge in [-0.05, 0) is 32.1 Å². The minimum absolute atomic E-state index is 0.106. The molecule has 0 aromatic heterocycles. The van der Waals surface area contributed by atoms with E-state index in [-0.39, 0.29) is 17.7 Å². The summed E-state index contributed by atoms with van der Waals surface area (Å²) in [5.74, 6) is 0.817. The zero-order valence-electron chi connectivity index (χ0n) is 13.9. The van der Waals surface area contributed by atoms with Crippen molar-refractivity contribution in [3.63, 3.8) is 0 Å². The summed E-state index contributed by atoms with van der Waals surface area (Å²) < 4.78 is 5.46. The fourth-order valence-electron chi connectivity index (χ4n) is 4.51. The van der Waals surface area contributed by atoms with Crippen molar-refractivity contribution in [2.75, 3.05) is 26.3 Å². The number of nitrogens with zero attached hydrogens (tertiary/aromatic N) is 2. The number of likely N-dealkylation sites (tertiary alicyclic amines) is 1. The molecule has 4 aliphatic rings. The van der Waals surface area contributed by atoms with E-state index >= 15 is 0 Å². The number of carbonyl (C=O) groups excluding carboxylic acids is 2. The molecule has 0 spiro atoms. The van der Waals surface area contributed by atoms with Crippen LogP contribution in [0.2, 0.25) is 0 Å². The molecule has 5 nitrogen and oxygen atoms in total. The zero-order chi connectivity index (χ0) is 15.8. The Hall–Kier alpha value is -1.10. The Kier molecular flexibility index (Phi) is 4.31. The van der Waals surface area contributed by atoms with E-state index in [1.807, 2.05) is 4.90 Å². The molecule has 2 aliphatic carbocycles. The molecule has 2 heterocycles. The summed E-state index contributed by atoms with van der Waals surface area (Å²) in [6.45, 7) is 3.10. The molecule has 4 rings (SSSR count). The molecule has 128 valence electrons. The Morgan fingerprint density at radius 1 is 1.17 bits per heavy atom. The number of amides is 2. The molecule has 5 heteroatoms. The molecular formula is C18H28N2O3. The summed E-state index contributed by atoms with van der Waals surface area (Å²) in [5, 5.41) is 0. The number of carbonyl (C=O) groups is 2. The molecule has 2 atom stereocenters. The Morgan fingerprint density at radius 2 is 1.96 bits per heavy atom. The van der Waals surface area contributed by atoms with Crippen molar-refractivity contribution in [2.45, 2.75) is 63.5 Å². The first-order valence-electron chi connectivity index (χ1n) is 9.40. The van der Waals surface area contributed by atoms with Crippen LogP contribution in [-0.2, 0) is 14.3 Å².